The van der Waals surface area contributed by atoms with Crippen molar-refractivity contribution in [3.05, 3.63) is 58.9 Å². The van der Waals surface area contributed by atoms with E-state index in [2.05, 4.69) is 10.3 Å². The van der Waals surface area contributed by atoms with E-state index >= 15 is 0 Å². The summed E-state index contributed by atoms with van der Waals surface area (Å²) in [5.74, 6) is -0.193. The minimum Gasteiger partial charge on any atom is -0.363 e. The number of benzene rings is 1. The number of carbonyl (C=O) groups excluding carboxylic acids is 1. The predicted molar refractivity (Wildman–Crippen MR) is 76.7 cm³/mol. The van der Waals surface area contributed by atoms with Gasteiger partial charge in [0.25, 0.3) is 5.91 Å². The first-order chi connectivity index (χ1) is 9.74. The predicted octanol–water partition coefficient (Wildman–Crippen LogP) is 2.99. The summed E-state index contributed by atoms with van der Waals surface area (Å²) in [4.78, 5) is 16.2. The molecule has 1 atom stereocenters. The Bertz CT molecular complexity index is 628. The average molecular weight is 289 g/mol. The van der Waals surface area contributed by atoms with Crippen LogP contribution in [0, 0.1) is 0 Å². The van der Waals surface area contributed by atoms with Crippen LogP contribution in [0.1, 0.15) is 17.2 Å². The van der Waals surface area contributed by atoms with Crippen molar-refractivity contribution in [3.63, 3.8) is 0 Å². The zero-order valence-corrected chi connectivity index (χ0v) is 11.4. The monoisotopic (exact) mass is 288 g/mol. The Morgan fingerprint density at radius 2 is 2.15 bits per heavy atom. The summed E-state index contributed by atoms with van der Waals surface area (Å²) in [5.41, 5.74) is 2.69. The Balaban J connectivity index is 1.80. The molecule has 2 heterocycles. The van der Waals surface area contributed by atoms with Crippen LogP contribution in [0.25, 0.3) is 0 Å². The van der Waals surface area contributed by atoms with Crippen molar-refractivity contribution in [1.29, 1.82) is 0 Å². The van der Waals surface area contributed by atoms with Crippen molar-refractivity contribution in [2.75, 3.05) is 11.9 Å². The standard InChI is InChI=1S/C15H13ClN2O2/c16-13-6-5-11(9-17-13)18-15(19)14-12-4-2-1-3-10(12)7-8-20-14/h1-6,9,14H,7-8H2,(H,18,19). The van der Waals surface area contributed by atoms with Crippen molar-refractivity contribution in [1.82, 2.24) is 4.98 Å². The van der Waals surface area contributed by atoms with Gasteiger partial charge in [0.2, 0.25) is 0 Å². The van der Waals surface area contributed by atoms with Crippen molar-refractivity contribution < 1.29 is 9.53 Å². The third-order valence-corrected chi connectivity index (χ3v) is 3.45. The molecule has 0 spiro atoms. The number of aromatic nitrogens is 1. The molecule has 2 aromatic rings. The van der Waals surface area contributed by atoms with Crippen LogP contribution >= 0.6 is 11.6 Å². The number of amides is 1. The number of anilines is 1. The quantitative estimate of drug-likeness (QED) is 0.864. The SMILES string of the molecule is O=C(Nc1ccc(Cl)nc1)C1OCCc2ccccc21. The fourth-order valence-corrected chi connectivity index (χ4v) is 2.38. The fraction of sp³-hybridized carbons (Fsp3) is 0.200. The molecule has 1 unspecified atom stereocenters. The van der Waals surface area contributed by atoms with Crippen LogP contribution in [0.3, 0.4) is 0 Å². The number of nitrogens with zero attached hydrogens (tertiary/aromatic N) is 1. The Hall–Kier alpha value is -1.91. The molecule has 1 N–H and O–H groups in total. The Morgan fingerprint density at radius 1 is 1.30 bits per heavy atom. The van der Waals surface area contributed by atoms with Crippen LogP contribution in [0.4, 0.5) is 5.69 Å². The third kappa shape index (κ3) is 2.66. The highest BCUT2D eigenvalue weighted by Gasteiger charge is 2.27. The first kappa shape index (κ1) is 13.1. The maximum atomic E-state index is 12.3. The molecular weight excluding hydrogens is 276 g/mol. The number of hydrogen-bond acceptors (Lipinski definition) is 3. The molecule has 0 saturated heterocycles. The number of fused-ring (bicyclic) bond motifs is 1. The molecule has 1 aliphatic heterocycles. The van der Waals surface area contributed by atoms with Crippen LogP contribution in [-0.2, 0) is 16.0 Å². The summed E-state index contributed by atoms with van der Waals surface area (Å²) in [6.45, 7) is 0.550. The molecule has 1 aromatic heterocycles. The zero-order chi connectivity index (χ0) is 13.9. The molecule has 0 aliphatic carbocycles. The smallest absolute Gasteiger partial charge is 0.258 e. The molecule has 4 nitrogen and oxygen atoms in total. The van der Waals surface area contributed by atoms with Gasteiger partial charge in [-0.3, -0.25) is 4.79 Å². The number of pyridine rings is 1. The molecule has 1 aliphatic rings. The average Bonchev–Trinajstić information content (AvgIpc) is 2.49. The van der Waals surface area contributed by atoms with Crippen molar-refractivity contribution in [3.8, 4) is 0 Å². The van der Waals surface area contributed by atoms with E-state index in [4.69, 9.17) is 16.3 Å². The maximum Gasteiger partial charge on any atom is 0.258 e. The topological polar surface area (TPSA) is 51.2 Å². The molecule has 0 radical (unpaired) electrons. The van der Waals surface area contributed by atoms with E-state index in [0.29, 0.717) is 17.4 Å². The van der Waals surface area contributed by atoms with E-state index in [1.807, 2.05) is 24.3 Å². The Labute approximate surface area is 121 Å². The van der Waals surface area contributed by atoms with Gasteiger partial charge in [-0.15, -0.1) is 0 Å². The number of hydrogen-bond donors (Lipinski definition) is 1. The van der Waals surface area contributed by atoms with Gasteiger partial charge in [-0.25, -0.2) is 4.98 Å². The van der Waals surface area contributed by atoms with Gasteiger partial charge in [0.05, 0.1) is 18.5 Å². The van der Waals surface area contributed by atoms with E-state index in [0.717, 1.165) is 17.5 Å². The molecule has 0 bridgehead atoms. The molecule has 20 heavy (non-hydrogen) atoms. The zero-order valence-electron chi connectivity index (χ0n) is 10.7. The van der Waals surface area contributed by atoms with Gasteiger partial charge in [-0.1, -0.05) is 35.9 Å². The summed E-state index contributed by atoms with van der Waals surface area (Å²) in [6, 6.07) is 11.2. The van der Waals surface area contributed by atoms with Gasteiger partial charge in [-0.2, -0.15) is 0 Å². The fourth-order valence-electron chi connectivity index (χ4n) is 2.27. The first-order valence-corrected chi connectivity index (χ1v) is 6.73. The van der Waals surface area contributed by atoms with E-state index in [1.165, 1.54) is 6.20 Å². The Kier molecular flexibility index (Phi) is 3.67. The molecule has 0 saturated carbocycles. The van der Waals surface area contributed by atoms with Gasteiger partial charge in [0, 0.05) is 0 Å². The lowest BCUT2D eigenvalue weighted by Gasteiger charge is -2.25. The van der Waals surface area contributed by atoms with Gasteiger partial charge in [-0.05, 0) is 29.7 Å². The number of halogens is 1. The summed E-state index contributed by atoms with van der Waals surface area (Å²) < 4.78 is 5.60. The van der Waals surface area contributed by atoms with Gasteiger partial charge in [0.1, 0.15) is 5.15 Å². The van der Waals surface area contributed by atoms with Crippen LogP contribution < -0.4 is 5.32 Å². The van der Waals surface area contributed by atoms with Crippen molar-refractivity contribution in [2.45, 2.75) is 12.5 Å². The van der Waals surface area contributed by atoms with E-state index in [-0.39, 0.29) is 5.91 Å². The van der Waals surface area contributed by atoms with E-state index in [9.17, 15) is 4.79 Å². The second kappa shape index (κ2) is 5.61. The second-order valence-corrected chi connectivity index (χ2v) is 4.95. The van der Waals surface area contributed by atoms with E-state index in [1.54, 1.807) is 12.1 Å². The minimum atomic E-state index is -0.573. The van der Waals surface area contributed by atoms with Gasteiger partial charge in [0.15, 0.2) is 6.10 Å². The number of rotatable bonds is 2. The maximum absolute atomic E-state index is 12.3. The normalized spacial score (nSPS) is 17.4. The van der Waals surface area contributed by atoms with Crippen LogP contribution in [0.5, 0.6) is 0 Å². The molecule has 1 amide bonds. The molecular formula is C15H13ClN2O2. The lowest BCUT2D eigenvalue weighted by atomic mass is 9.97. The summed E-state index contributed by atoms with van der Waals surface area (Å²) in [5, 5.41) is 3.19. The minimum absolute atomic E-state index is 0.193. The Morgan fingerprint density at radius 3 is 2.95 bits per heavy atom. The summed E-state index contributed by atoms with van der Waals surface area (Å²) in [6.07, 6.45) is 1.79. The molecule has 1 aromatic carbocycles. The number of carbonyl (C=O) groups is 1. The highest BCUT2D eigenvalue weighted by molar-refractivity contribution is 6.29. The number of ether oxygens (including phenoxy) is 1. The largest absolute Gasteiger partial charge is 0.363 e. The van der Waals surface area contributed by atoms with Gasteiger partial charge < -0.3 is 10.1 Å². The third-order valence-electron chi connectivity index (χ3n) is 3.23. The summed E-state index contributed by atoms with van der Waals surface area (Å²) >= 11 is 5.72. The van der Waals surface area contributed by atoms with E-state index < -0.39 is 6.10 Å². The van der Waals surface area contributed by atoms with Crippen molar-refractivity contribution >= 4 is 23.2 Å². The molecule has 102 valence electrons. The van der Waals surface area contributed by atoms with Crippen LogP contribution in [0.15, 0.2) is 42.6 Å². The second-order valence-electron chi connectivity index (χ2n) is 4.56. The van der Waals surface area contributed by atoms with Crippen LogP contribution in [-0.4, -0.2) is 17.5 Å². The lowest BCUT2D eigenvalue weighted by Crippen LogP contribution is -2.28. The first-order valence-electron chi connectivity index (χ1n) is 6.36. The van der Waals surface area contributed by atoms with Gasteiger partial charge >= 0.3 is 0 Å². The molecule has 5 heteroatoms. The van der Waals surface area contributed by atoms with Crippen LogP contribution in [0.2, 0.25) is 5.15 Å². The molecule has 0 fully saturated rings. The summed E-state index contributed by atoms with van der Waals surface area (Å²) in [7, 11) is 0. The number of nitrogens with one attached hydrogen (secondary N) is 1. The highest BCUT2D eigenvalue weighted by Crippen LogP contribution is 2.28. The lowest BCUT2D eigenvalue weighted by molar-refractivity contribution is -0.128. The highest BCUT2D eigenvalue weighted by atomic mass is 35.5. The van der Waals surface area contributed by atoms with Crippen molar-refractivity contribution in [2.24, 2.45) is 0 Å². The molecule has 3 rings (SSSR count).